The lowest BCUT2D eigenvalue weighted by molar-refractivity contribution is -0.120. The van der Waals surface area contributed by atoms with Gasteiger partial charge in [0, 0.05) is 33.2 Å². The predicted octanol–water partition coefficient (Wildman–Crippen LogP) is 0.638. The monoisotopic (exact) mass is 296 g/mol. The second kappa shape index (κ2) is 7.64. The average molecular weight is 296 g/mol. The van der Waals surface area contributed by atoms with Gasteiger partial charge in [0.1, 0.15) is 0 Å². The van der Waals surface area contributed by atoms with Crippen molar-refractivity contribution >= 4 is 11.9 Å². The van der Waals surface area contributed by atoms with E-state index in [1.165, 1.54) is 43.5 Å². The SMILES string of the molecule is CN(C)C(=O)NCC(=O)NC[C@H]1CCN(C2CCCC2)C1. The maximum absolute atomic E-state index is 11.7. The van der Waals surface area contributed by atoms with Crippen LogP contribution in [0.15, 0.2) is 0 Å². The highest BCUT2D eigenvalue weighted by atomic mass is 16.2. The summed E-state index contributed by atoms with van der Waals surface area (Å²) >= 11 is 0. The molecule has 3 amide bonds. The quantitative estimate of drug-likeness (QED) is 0.782. The van der Waals surface area contributed by atoms with Crippen LogP contribution >= 0.6 is 0 Å². The van der Waals surface area contributed by atoms with E-state index in [9.17, 15) is 9.59 Å². The number of carbonyl (C=O) groups is 2. The van der Waals surface area contributed by atoms with E-state index in [0.29, 0.717) is 5.92 Å². The molecule has 6 nitrogen and oxygen atoms in total. The van der Waals surface area contributed by atoms with Crippen LogP contribution in [0.3, 0.4) is 0 Å². The number of hydrogen-bond acceptors (Lipinski definition) is 3. The molecule has 2 rings (SSSR count). The summed E-state index contributed by atoms with van der Waals surface area (Å²) in [5.74, 6) is 0.448. The first-order valence-corrected chi connectivity index (χ1v) is 8.02. The van der Waals surface area contributed by atoms with Crippen LogP contribution in [0.2, 0.25) is 0 Å². The fourth-order valence-electron chi connectivity index (χ4n) is 3.26. The zero-order chi connectivity index (χ0) is 15.2. The Morgan fingerprint density at radius 2 is 1.86 bits per heavy atom. The second-order valence-electron chi connectivity index (χ2n) is 6.45. The molecule has 1 aliphatic heterocycles. The van der Waals surface area contributed by atoms with Crippen molar-refractivity contribution < 1.29 is 9.59 Å². The molecule has 0 spiro atoms. The first-order chi connectivity index (χ1) is 10.1. The number of hydrogen-bond donors (Lipinski definition) is 2. The Balaban J connectivity index is 1.60. The van der Waals surface area contributed by atoms with Crippen LogP contribution in [0, 0.1) is 5.92 Å². The highest BCUT2D eigenvalue weighted by molar-refractivity contribution is 5.83. The van der Waals surface area contributed by atoms with Gasteiger partial charge >= 0.3 is 6.03 Å². The summed E-state index contributed by atoms with van der Waals surface area (Å²) < 4.78 is 0. The summed E-state index contributed by atoms with van der Waals surface area (Å²) in [6, 6.07) is 0.545. The topological polar surface area (TPSA) is 64.7 Å². The van der Waals surface area contributed by atoms with E-state index in [4.69, 9.17) is 0 Å². The lowest BCUT2D eigenvalue weighted by atomic mass is 10.1. The number of rotatable bonds is 5. The fourth-order valence-corrected chi connectivity index (χ4v) is 3.26. The largest absolute Gasteiger partial charge is 0.354 e. The van der Waals surface area contributed by atoms with Crippen molar-refractivity contribution in [1.29, 1.82) is 0 Å². The Labute approximate surface area is 127 Å². The number of nitrogens with one attached hydrogen (secondary N) is 2. The van der Waals surface area contributed by atoms with Crippen LogP contribution in [0.25, 0.3) is 0 Å². The smallest absolute Gasteiger partial charge is 0.317 e. The van der Waals surface area contributed by atoms with E-state index in [2.05, 4.69) is 15.5 Å². The Morgan fingerprint density at radius 1 is 1.14 bits per heavy atom. The molecule has 2 fully saturated rings. The molecule has 1 saturated carbocycles. The van der Waals surface area contributed by atoms with Gasteiger partial charge in [-0.2, -0.15) is 0 Å². The molecule has 1 aliphatic carbocycles. The van der Waals surface area contributed by atoms with E-state index >= 15 is 0 Å². The Hall–Kier alpha value is -1.30. The molecular weight excluding hydrogens is 268 g/mol. The van der Waals surface area contributed by atoms with Crippen LogP contribution < -0.4 is 10.6 Å². The summed E-state index contributed by atoms with van der Waals surface area (Å²) in [6.45, 7) is 3.05. The molecule has 0 aromatic carbocycles. The van der Waals surface area contributed by atoms with Gasteiger partial charge in [0.25, 0.3) is 0 Å². The summed E-state index contributed by atoms with van der Waals surface area (Å²) in [4.78, 5) is 27.0. The van der Waals surface area contributed by atoms with Gasteiger partial charge in [0.2, 0.25) is 5.91 Å². The molecule has 2 aliphatic rings. The van der Waals surface area contributed by atoms with Gasteiger partial charge in [-0.3, -0.25) is 4.79 Å². The van der Waals surface area contributed by atoms with Gasteiger partial charge in [-0.25, -0.2) is 4.79 Å². The second-order valence-corrected chi connectivity index (χ2v) is 6.45. The summed E-state index contributed by atoms with van der Waals surface area (Å²) in [6.07, 6.45) is 6.59. The third-order valence-corrected chi connectivity index (χ3v) is 4.55. The summed E-state index contributed by atoms with van der Waals surface area (Å²) in [5, 5.41) is 5.51. The van der Waals surface area contributed by atoms with Crippen LogP contribution in [-0.4, -0.2) is 68.1 Å². The molecule has 0 aromatic rings. The minimum Gasteiger partial charge on any atom is -0.354 e. The predicted molar refractivity (Wildman–Crippen MR) is 82.0 cm³/mol. The van der Waals surface area contributed by atoms with Gasteiger partial charge in [-0.1, -0.05) is 12.8 Å². The lowest BCUT2D eigenvalue weighted by Crippen LogP contribution is -2.42. The van der Waals surface area contributed by atoms with Gasteiger partial charge in [0.15, 0.2) is 0 Å². The molecule has 1 saturated heterocycles. The van der Waals surface area contributed by atoms with Crippen LogP contribution in [0.4, 0.5) is 4.79 Å². The number of amides is 3. The molecular formula is C15H28N4O2. The van der Waals surface area contributed by atoms with Crippen LogP contribution in [0.5, 0.6) is 0 Å². The van der Waals surface area contributed by atoms with Gasteiger partial charge in [-0.15, -0.1) is 0 Å². The number of carbonyl (C=O) groups excluding carboxylic acids is 2. The number of nitrogens with zero attached hydrogens (tertiary/aromatic N) is 2. The minimum atomic E-state index is -0.238. The molecule has 0 radical (unpaired) electrons. The number of likely N-dealkylation sites (tertiary alicyclic amines) is 1. The Bertz CT molecular complexity index is 367. The van der Waals surface area contributed by atoms with Crippen molar-refractivity contribution in [2.75, 3.05) is 40.3 Å². The zero-order valence-electron chi connectivity index (χ0n) is 13.2. The highest BCUT2D eigenvalue weighted by Crippen LogP contribution is 2.28. The Kier molecular flexibility index (Phi) is 5.85. The zero-order valence-corrected chi connectivity index (χ0v) is 13.2. The van der Waals surface area contributed by atoms with E-state index < -0.39 is 0 Å². The van der Waals surface area contributed by atoms with E-state index in [-0.39, 0.29) is 18.5 Å². The Morgan fingerprint density at radius 3 is 2.52 bits per heavy atom. The standard InChI is InChI=1S/C15H28N4O2/c1-18(2)15(21)17-10-14(20)16-9-12-7-8-19(11-12)13-5-3-4-6-13/h12-13H,3-11H2,1-2H3,(H,16,20)(H,17,21)/t12-/m1/s1. The van der Waals surface area contributed by atoms with Crippen molar-refractivity contribution in [3.63, 3.8) is 0 Å². The summed E-state index contributed by atoms with van der Waals surface area (Å²) in [7, 11) is 3.31. The van der Waals surface area contributed by atoms with Crippen LogP contribution in [0.1, 0.15) is 32.1 Å². The first kappa shape index (κ1) is 16.1. The van der Waals surface area contributed by atoms with Gasteiger partial charge in [0.05, 0.1) is 6.54 Å². The lowest BCUT2D eigenvalue weighted by Gasteiger charge is -2.23. The molecule has 21 heavy (non-hydrogen) atoms. The molecule has 0 bridgehead atoms. The van der Waals surface area contributed by atoms with Gasteiger partial charge < -0.3 is 20.4 Å². The molecule has 120 valence electrons. The fraction of sp³-hybridized carbons (Fsp3) is 0.867. The van der Waals surface area contributed by atoms with Crippen molar-refractivity contribution in [3.8, 4) is 0 Å². The third-order valence-electron chi connectivity index (χ3n) is 4.55. The van der Waals surface area contributed by atoms with Crippen molar-refractivity contribution in [2.24, 2.45) is 5.92 Å². The average Bonchev–Trinajstić information content (AvgIpc) is 3.12. The number of urea groups is 1. The molecule has 0 aromatic heterocycles. The van der Waals surface area contributed by atoms with Crippen molar-refractivity contribution in [1.82, 2.24) is 20.4 Å². The molecule has 6 heteroatoms. The normalized spacial score (nSPS) is 23.2. The van der Waals surface area contributed by atoms with E-state index in [1.807, 2.05) is 0 Å². The van der Waals surface area contributed by atoms with Crippen LogP contribution in [-0.2, 0) is 4.79 Å². The summed E-state index contributed by atoms with van der Waals surface area (Å²) in [5.41, 5.74) is 0. The highest BCUT2D eigenvalue weighted by Gasteiger charge is 2.29. The van der Waals surface area contributed by atoms with E-state index in [1.54, 1.807) is 14.1 Å². The van der Waals surface area contributed by atoms with Crippen molar-refractivity contribution in [3.05, 3.63) is 0 Å². The van der Waals surface area contributed by atoms with Crippen molar-refractivity contribution in [2.45, 2.75) is 38.1 Å². The molecule has 0 unspecified atom stereocenters. The molecule has 1 atom stereocenters. The first-order valence-electron chi connectivity index (χ1n) is 8.02. The maximum Gasteiger partial charge on any atom is 0.317 e. The third kappa shape index (κ3) is 4.88. The molecule has 2 N–H and O–H groups in total. The van der Waals surface area contributed by atoms with Gasteiger partial charge in [-0.05, 0) is 31.7 Å². The maximum atomic E-state index is 11.7. The minimum absolute atomic E-state index is 0.0517. The van der Waals surface area contributed by atoms with E-state index in [0.717, 1.165) is 19.1 Å². The molecule has 1 heterocycles.